The average Bonchev–Trinajstić information content (AvgIpc) is 3.19. The summed E-state index contributed by atoms with van der Waals surface area (Å²) in [6.07, 6.45) is 1.74. The van der Waals surface area contributed by atoms with Crippen LogP contribution in [-0.2, 0) is 15.0 Å². The first-order valence-electron chi connectivity index (χ1n) is 8.02. The van der Waals surface area contributed by atoms with Gasteiger partial charge in [0.05, 0.1) is 11.2 Å². The number of nitrogens with one attached hydrogen (secondary N) is 3. The smallest absolute Gasteiger partial charge is 0.301 e. The van der Waals surface area contributed by atoms with E-state index in [1.807, 2.05) is 18.2 Å². The number of amides is 1. The van der Waals surface area contributed by atoms with Crippen molar-refractivity contribution in [3.63, 3.8) is 0 Å². The molecule has 0 fully saturated rings. The summed E-state index contributed by atoms with van der Waals surface area (Å²) < 4.78 is 27.6. The molecule has 2 heterocycles. The Hall–Kier alpha value is -3.24. The van der Waals surface area contributed by atoms with Crippen LogP contribution in [0.25, 0.3) is 22.7 Å². The highest BCUT2D eigenvalue weighted by Gasteiger charge is 2.25. The number of nitrogens with zero attached hydrogens (tertiary/aromatic N) is 3. The minimum Gasteiger partial charge on any atom is -0.321 e. The fraction of sp³-hybridized carbons (Fsp3) is 0.118. The fourth-order valence-electron chi connectivity index (χ4n) is 2.75. The third-order valence-electron chi connectivity index (χ3n) is 4.19. The third kappa shape index (κ3) is 3.15. The molecule has 0 spiro atoms. The highest BCUT2D eigenvalue weighted by atomic mass is 32.2. The first-order valence-corrected chi connectivity index (χ1v) is 9.46. The van der Waals surface area contributed by atoms with Crippen molar-refractivity contribution in [3.05, 3.63) is 47.5 Å². The lowest BCUT2D eigenvalue weighted by molar-refractivity contribution is -0.110. The van der Waals surface area contributed by atoms with Crippen molar-refractivity contribution in [3.8, 4) is 0 Å². The Balaban J connectivity index is 1.74. The molecule has 1 aliphatic rings. The van der Waals surface area contributed by atoms with Gasteiger partial charge in [-0.05, 0) is 42.0 Å². The van der Waals surface area contributed by atoms with Crippen LogP contribution in [0.2, 0.25) is 0 Å². The van der Waals surface area contributed by atoms with Crippen molar-refractivity contribution < 1.29 is 13.2 Å². The molecule has 1 amide bonds. The van der Waals surface area contributed by atoms with Gasteiger partial charge in [-0.2, -0.15) is 12.7 Å². The number of rotatable bonds is 4. The van der Waals surface area contributed by atoms with Crippen LogP contribution >= 0.6 is 0 Å². The van der Waals surface area contributed by atoms with Crippen molar-refractivity contribution in [2.24, 2.45) is 0 Å². The predicted molar refractivity (Wildman–Crippen MR) is 103 cm³/mol. The van der Waals surface area contributed by atoms with Gasteiger partial charge in [-0.25, -0.2) is 0 Å². The van der Waals surface area contributed by atoms with Crippen LogP contribution in [0.1, 0.15) is 11.1 Å². The first kappa shape index (κ1) is 17.2. The number of benzene rings is 2. The van der Waals surface area contributed by atoms with Crippen molar-refractivity contribution in [2.45, 2.75) is 0 Å². The highest BCUT2D eigenvalue weighted by Crippen LogP contribution is 2.35. The molecule has 0 radical (unpaired) electrons. The zero-order valence-electron chi connectivity index (χ0n) is 14.5. The Bertz CT molecular complexity index is 1200. The topological polar surface area (TPSA) is 120 Å². The average molecular weight is 384 g/mol. The maximum atomic E-state index is 12.4. The van der Waals surface area contributed by atoms with Crippen molar-refractivity contribution >= 4 is 50.2 Å². The standard InChI is InChI=1S/C17H16N6O3S/c1-23(2)27(25,26)21-11-4-6-14-12(9-11)13(17(24)18-14)7-10-3-5-15-16(8-10)20-22-19-15/h3-9,21H,1-2H3,(H,18,24)(H,19,20,22). The Morgan fingerprint density at radius 1 is 1.15 bits per heavy atom. The van der Waals surface area contributed by atoms with Gasteiger partial charge in [0.25, 0.3) is 5.91 Å². The number of fused-ring (bicyclic) bond motifs is 2. The lowest BCUT2D eigenvalue weighted by atomic mass is 10.0. The Kier molecular flexibility index (Phi) is 3.93. The van der Waals surface area contributed by atoms with Crippen molar-refractivity contribution in [1.82, 2.24) is 19.7 Å². The van der Waals surface area contributed by atoms with Crippen LogP contribution < -0.4 is 10.0 Å². The van der Waals surface area contributed by atoms with E-state index in [9.17, 15) is 13.2 Å². The van der Waals surface area contributed by atoms with Gasteiger partial charge in [-0.1, -0.05) is 11.3 Å². The molecular formula is C17H16N6O3S. The molecule has 3 N–H and O–H groups in total. The molecule has 0 bridgehead atoms. The zero-order chi connectivity index (χ0) is 19.2. The summed E-state index contributed by atoms with van der Waals surface area (Å²) in [6, 6.07) is 10.4. The maximum absolute atomic E-state index is 12.4. The van der Waals surface area contributed by atoms with E-state index in [1.54, 1.807) is 24.3 Å². The number of aromatic nitrogens is 3. The van der Waals surface area contributed by atoms with Gasteiger partial charge in [0.15, 0.2) is 0 Å². The Labute approximate surface area is 155 Å². The minimum atomic E-state index is -3.64. The van der Waals surface area contributed by atoms with E-state index in [1.165, 1.54) is 14.1 Å². The van der Waals surface area contributed by atoms with E-state index in [-0.39, 0.29) is 5.91 Å². The van der Waals surface area contributed by atoms with Crippen LogP contribution in [0.15, 0.2) is 36.4 Å². The van der Waals surface area contributed by atoms with Gasteiger partial charge >= 0.3 is 10.2 Å². The molecule has 27 heavy (non-hydrogen) atoms. The van der Waals surface area contributed by atoms with E-state index in [0.29, 0.717) is 28.0 Å². The summed E-state index contributed by atoms with van der Waals surface area (Å²) in [4.78, 5) is 12.4. The van der Waals surface area contributed by atoms with Gasteiger partial charge in [0.2, 0.25) is 0 Å². The SMILES string of the molecule is CN(C)S(=O)(=O)Nc1ccc2c(c1)C(=Cc1ccc3[nH]nnc3c1)C(=O)N2. The molecule has 0 atom stereocenters. The number of carbonyl (C=O) groups excluding carboxylic acids is 1. The van der Waals surface area contributed by atoms with E-state index < -0.39 is 10.2 Å². The molecule has 0 aliphatic carbocycles. The summed E-state index contributed by atoms with van der Waals surface area (Å²) in [5.41, 5.74) is 4.34. The number of anilines is 2. The molecule has 1 aliphatic heterocycles. The molecule has 10 heteroatoms. The number of carbonyl (C=O) groups is 1. The summed E-state index contributed by atoms with van der Waals surface area (Å²) in [6.45, 7) is 0. The number of hydrogen-bond donors (Lipinski definition) is 3. The van der Waals surface area contributed by atoms with Crippen LogP contribution in [0, 0.1) is 0 Å². The molecule has 0 saturated carbocycles. The van der Waals surface area contributed by atoms with Crippen LogP contribution in [0.4, 0.5) is 11.4 Å². The van der Waals surface area contributed by atoms with Crippen molar-refractivity contribution in [1.29, 1.82) is 0 Å². The number of hydrogen-bond acceptors (Lipinski definition) is 5. The van der Waals surface area contributed by atoms with Crippen molar-refractivity contribution in [2.75, 3.05) is 24.1 Å². The van der Waals surface area contributed by atoms with E-state index in [0.717, 1.165) is 15.4 Å². The van der Waals surface area contributed by atoms with Gasteiger partial charge in [-0.3, -0.25) is 14.6 Å². The second-order valence-corrected chi connectivity index (χ2v) is 8.13. The molecule has 2 aromatic carbocycles. The summed E-state index contributed by atoms with van der Waals surface area (Å²) in [5, 5.41) is 13.3. The zero-order valence-corrected chi connectivity index (χ0v) is 15.3. The van der Waals surface area contributed by atoms with Gasteiger partial charge in [0, 0.05) is 30.9 Å². The molecule has 9 nitrogen and oxygen atoms in total. The quantitative estimate of drug-likeness (QED) is 0.591. The molecule has 1 aromatic heterocycles. The maximum Gasteiger partial charge on any atom is 0.301 e. The van der Waals surface area contributed by atoms with Gasteiger partial charge in [-0.15, -0.1) is 5.10 Å². The second kappa shape index (κ2) is 6.18. The number of H-pyrrole nitrogens is 1. The summed E-state index contributed by atoms with van der Waals surface area (Å²) in [5.74, 6) is -0.252. The van der Waals surface area contributed by atoms with E-state index >= 15 is 0 Å². The Morgan fingerprint density at radius 3 is 2.74 bits per heavy atom. The lowest BCUT2D eigenvalue weighted by Crippen LogP contribution is -2.28. The van der Waals surface area contributed by atoms with Crippen LogP contribution in [0.5, 0.6) is 0 Å². The van der Waals surface area contributed by atoms with Crippen LogP contribution in [0.3, 0.4) is 0 Å². The molecular weight excluding hydrogens is 368 g/mol. The number of aromatic amines is 1. The summed E-state index contributed by atoms with van der Waals surface area (Å²) >= 11 is 0. The monoisotopic (exact) mass is 384 g/mol. The normalized spacial score (nSPS) is 15.4. The lowest BCUT2D eigenvalue weighted by Gasteiger charge is -2.14. The fourth-order valence-corrected chi connectivity index (χ4v) is 3.36. The minimum absolute atomic E-state index is 0.252. The first-order chi connectivity index (χ1) is 12.8. The van der Waals surface area contributed by atoms with Crippen LogP contribution in [-0.4, -0.2) is 48.1 Å². The molecule has 0 unspecified atom stereocenters. The largest absolute Gasteiger partial charge is 0.321 e. The summed E-state index contributed by atoms with van der Waals surface area (Å²) in [7, 11) is -0.763. The highest BCUT2D eigenvalue weighted by molar-refractivity contribution is 7.90. The van der Waals surface area contributed by atoms with E-state index in [4.69, 9.17) is 0 Å². The molecule has 138 valence electrons. The Morgan fingerprint density at radius 2 is 1.96 bits per heavy atom. The molecule has 3 aromatic rings. The molecule has 4 rings (SSSR count). The second-order valence-electron chi connectivity index (χ2n) is 6.25. The molecule has 0 saturated heterocycles. The van der Waals surface area contributed by atoms with Gasteiger partial charge < -0.3 is 5.32 Å². The predicted octanol–water partition coefficient (Wildman–Crippen LogP) is 1.67. The van der Waals surface area contributed by atoms with E-state index in [2.05, 4.69) is 25.4 Å². The van der Waals surface area contributed by atoms with Gasteiger partial charge in [0.1, 0.15) is 5.52 Å². The third-order valence-corrected chi connectivity index (χ3v) is 5.65.